The number of carbonyl (C=O) groups excluding carboxylic acids is 1. The lowest BCUT2D eigenvalue weighted by atomic mass is 9.46. The lowest BCUT2D eigenvalue weighted by Gasteiger charge is -2.58. The molecule has 0 aromatic heterocycles. The zero-order valence-corrected chi connectivity index (χ0v) is 19.2. The van der Waals surface area contributed by atoms with Crippen molar-refractivity contribution in [1.82, 2.24) is 0 Å². The molecule has 3 saturated carbocycles. The highest BCUT2D eigenvalue weighted by Gasteiger charge is 2.59. The van der Waals surface area contributed by atoms with Gasteiger partial charge in [-0.2, -0.15) is 0 Å². The zero-order valence-electron chi connectivity index (χ0n) is 19.2. The van der Waals surface area contributed by atoms with Gasteiger partial charge >= 0.3 is 0 Å². The minimum atomic E-state index is 0.332. The average Bonchev–Trinajstić information content (AvgIpc) is 2.99. The predicted octanol–water partition coefficient (Wildman–Crippen LogP) is 7.60. The van der Waals surface area contributed by atoms with Crippen molar-refractivity contribution in [2.24, 2.45) is 46.3 Å². The van der Waals surface area contributed by atoms with Crippen LogP contribution in [0.1, 0.15) is 105 Å². The topological polar surface area (TPSA) is 17.1 Å². The second-order valence-electron chi connectivity index (χ2n) is 12.0. The van der Waals surface area contributed by atoms with Crippen LogP contribution in [-0.4, -0.2) is 5.78 Å². The van der Waals surface area contributed by atoms with Crippen molar-refractivity contribution in [3.63, 3.8) is 0 Å². The number of allylic oxidation sites excluding steroid dienone is 1. The predicted molar refractivity (Wildman–Crippen MR) is 118 cm³/mol. The molecule has 5 unspecified atom stereocenters. The summed E-state index contributed by atoms with van der Waals surface area (Å²) in [6.07, 6.45) is 16.6. The van der Waals surface area contributed by atoms with Gasteiger partial charge in [-0.25, -0.2) is 0 Å². The molecule has 7 atom stereocenters. The van der Waals surface area contributed by atoms with Gasteiger partial charge in [0.1, 0.15) is 0 Å². The van der Waals surface area contributed by atoms with E-state index < -0.39 is 0 Å². The molecule has 4 aliphatic rings. The van der Waals surface area contributed by atoms with Gasteiger partial charge in [0.25, 0.3) is 0 Å². The van der Waals surface area contributed by atoms with E-state index in [0.29, 0.717) is 16.6 Å². The highest BCUT2D eigenvalue weighted by molar-refractivity contribution is 5.91. The molecule has 0 aromatic carbocycles. The van der Waals surface area contributed by atoms with Crippen LogP contribution in [0.4, 0.5) is 0 Å². The van der Waals surface area contributed by atoms with Gasteiger partial charge in [0.2, 0.25) is 0 Å². The van der Waals surface area contributed by atoms with Crippen LogP contribution in [0.25, 0.3) is 0 Å². The third kappa shape index (κ3) is 3.33. The largest absolute Gasteiger partial charge is 0.295 e. The van der Waals surface area contributed by atoms with Crippen molar-refractivity contribution in [2.75, 3.05) is 0 Å². The molecule has 1 nitrogen and oxygen atoms in total. The number of carbonyl (C=O) groups is 1. The van der Waals surface area contributed by atoms with Gasteiger partial charge in [-0.3, -0.25) is 4.79 Å². The molecule has 0 aliphatic heterocycles. The second-order valence-corrected chi connectivity index (χ2v) is 12.0. The van der Waals surface area contributed by atoms with Crippen molar-refractivity contribution in [2.45, 2.75) is 105 Å². The third-order valence-corrected chi connectivity index (χ3v) is 10.2. The maximum atomic E-state index is 12.0. The van der Waals surface area contributed by atoms with E-state index >= 15 is 0 Å². The zero-order chi connectivity index (χ0) is 20.1. The van der Waals surface area contributed by atoms with E-state index in [9.17, 15) is 4.79 Å². The highest BCUT2D eigenvalue weighted by atomic mass is 16.1. The minimum Gasteiger partial charge on any atom is -0.295 e. The molecular weight excluding hydrogens is 340 g/mol. The van der Waals surface area contributed by atoms with Gasteiger partial charge < -0.3 is 0 Å². The second kappa shape index (κ2) is 7.59. The van der Waals surface area contributed by atoms with Gasteiger partial charge in [-0.15, -0.1) is 0 Å². The number of hydrogen-bond acceptors (Lipinski definition) is 1. The van der Waals surface area contributed by atoms with Gasteiger partial charge in [0, 0.05) is 6.42 Å². The molecule has 0 spiro atoms. The van der Waals surface area contributed by atoms with E-state index in [1.165, 1.54) is 63.4 Å². The molecule has 4 aliphatic carbocycles. The van der Waals surface area contributed by atoms with Crippen molar-refractivity contribution < 1.29 is 4.79 Å². The Hall–Kier alpha value is -0.590. The van der Waals surface area contributed by atoms with E-state index in [1.807, 2.05) is 0 Å². The van der Waals surface area contributed by atoms with Crippen LogP contribution >= 0.6 is 0 Å². The molecule has 4 rings (SSSR count). The Kier molecular flexibility index (Phi) is 5.60. The Morgan fingerprint density at radius 1 is 0.964 bits per heavy atom. The SMILES string of the molecule is CC(C)CCCC(C)C1CCC2C3CCC4=CC(=O)CC[C@]4(C)C3CC[C@]12C. The molecule has 0 radical (unpaired) electrons. The molecule has 158 valence electrons. The molecule has 0 N–H and O–H groups in total. The van der Waals surface area contributed by atoms with Gasteiger partial charge in [-0.1, -0.05) is 59.5 Å². The van der Waals surface area contributed by atoms with Crippen LogP contribution in [0.3, 0.4) is 0 Å². The maximum Gasteiger partial charge on any atom is 0.155 e. The summed E-state index contributed by atoms with van der Waals surface area (Å²) in [5, 5.41) is 0. The molecule has 0 aromatic rings. The quantitative estimate of drug-likeness (QED) is 0.477. The summed E-state index contributed by atoms with van der Waals surface area (Å²) in [5.74, 6) is 5.79. The van der Waals surface area contributed by atoms with Gasteiger partial charge in [0.05, 0.1) is 0 Å². The van der Waals surface area contributed by atoms with Crippen LogP contribution in [0.5, 0.6) is 0 Å². The molecule has 0 bridgehead atoms. The summed E-state index contributed by atoms with van der Waals surface area (Å²) >= 11 is 0. The average molecular weight is 385 g/mol. The fourth-order valence-corrected chi connectivity index (χ4v) is 8.58. The Morgan fingerprint density at radius 2 is 1.75 bits per heavy atom. The van der Waals surface area contributed by atoms with Crippen molar-refractivity contribution in [3.05, 3.63) is 11.6 Å². The number of rotatable bonds is 5. The van der Waals surface area contributed by atoms with Gasteiger partial charge in [0.15, 0.2) is 5.78 Å². The molecule has 1 heteroatoms. The van der Waals surface area contributed by atoms with Crippen LogP contribution in [0, 0.1) is 46.3 Å². The van der Waals surface area contributed by atoms with Crippen LogP contribution < -0.4 is 0 Å². The normalized spacial score (nSPS) is 43.9. The lowest BCUT2D eigenvalue weighted by Crippen LogP contribution is -2.50. The molecule has 28 heavy (non-hydrogen) atoms. The van der Waals surface area contributed by atoms with E-state index in [1.54, 1.807) is 0 Å². The summed E-state index contributed by atoms with van der Waals surface area (Å²) in [6, 6.07) is 0. The van der Waals surface area contributed by atoms with E-state index in [-0.39, 0.29) is 0 Å². The fraction of sp³-hybridized carbons (Fsp3) is 0.889. The monoisotopic (exact) mass is 384 g/mol. The number of hydrogen-bond donors (Lipinski definition) is 0. The first-order valence-corrected chi connectivity index (χ1v) is 12.5. The smallest absolute Gasteiger partial charge is 0.155 e. The third-order valence-electron chi connectivity index (χ3n) is 10.2. The Bertz CT molecular complexity index is 630. The first kappa shape index (κ1) is 20.7. The Labute approximate surface area is 174 Å². The summed E-state index contributed by atoms with van der Waals surface area (Å²) in [6.45, 7) is 12.5. The van der Waals surface area contributed by atoms with E-state index in [4.69, 9.17) is 0 Å². The highest BCUT2D eigenvalue weighted by Crippen LogP contribution is 2.67. The Balaban J connectivity index is 1.49. The molecule has 3 fully saturated rings. The molecular formula is C27H44O. The summed E-state index contributed by atoms with van der Waals surface area (Å²) < 4.78 is 0. The number of fused-ring (bicyclic) bond motifs is 5. The first-order valence-electron chi connectivity index (χ1n) is 12.5. The maximum absolute atomic E-state index is 12.0. The van der Waals surface area contributed by atoms with Crippen LogP contribution in [-0.2, 0) is 4.79 Å². The van der Waals surface area contributed by atoms with E-state index in [2.05, 4.69) is 40.7 Å². The molecule has 0 heterocycles. The van der Waals surface area contributed by atoms with Crippen LogP contribution in [0.15, 0.2) is 11.6 Å². The summed E-state index contributed by atoms with van der Waals surface area (Å²) in [4.78, 5) is 12.0. The fourth-order valence-electron chi connectivity index (χ4n) is 8.58. The van der Waals surface area contributed by atoms with E-state index in [0.717, 1.165) is 48.3 Å². The van der Waals surface area contributed by atoms with Crippen molar-refractivity contribution in [1.29, 1.82) is 0 Å². The molecule has 0 amide bonds. The van der Waals surface area contributed by atoms with Gasteiger partial charge in [-0.05, 0) is 97.4 Å². The standard InChI is InChI=1S/C27H44O/c1-18(2)7-6-8-19(3)23-11-12-24-22-10-9-20-17-21(28)13-15-26(20,4)25(22)14-16-27(23,24)5/h17-19,22-25H,6-16H2,1-5H3/t19?,22?,23?,24?,25?,26-,27+/m0/s1. The van der Waals surface area contributed by atoms with Crippen molar-refractivity contribution in [3.8, 4) is 0 Å². The minimum absolute atomic E-state index is 0.332. The Morgan fingerprint density at radius 3 is 2.50 bits per heavy atom. The molecule has 0 saturated heterocycles. The van der Waals surface area contributed by atoms with Crippen molar-refractivity contribution >= 4 is 5.78 Å². The summed E-state index contributed by atoms with van der Waals surface area (Å²) in [7, 11) is 0. The summed E-state index contributed by atoms with van der Waals surface area (Å²) in [5.41, 5.74) is 2.43. The number of ketones is 1. The van der Waals surface area contributed by atoms with Crippen LogP contribution in [0.2, 0.25) is 0 Å². The first-order chi connectivity index (χ1) is 13.3. The lowest BCUT2D eigenvalue weighted by molar-refractivity contribution is -0.117.